The summed E-state index contributed by atoms with van der Waals surface area (Å²) < 4.78 is 51.9. The number of alkyl halides is 3. The fourth-order valence-electron chi connectivity index (χ4n) is 2.92. The Morgan fingerprint density at radius 3 is 2.67 bits per heavy atom. The predicted molar refractivity (Wildman–Crippen MR) is 90.6 cm³/mol. The Bertz CT molecular complexity index is 985. The summed E-state index contributed by atoms with van der Waals surface area (Å²) in [5, 5.41) is 7.20. The number of fused-ring (bicyclic) bond motifs is 1. The average Bonchev–Trinajstić information content (AvgIpc) is 3.29. The second-order valence-electron chi connectivity index (χ2n) is 5.89. The molecule has 0 amide bonds. The Morgan fingerprint density at radius 1 is 1.07 bits per heavy atom. The van der Waals surface area contributed by atoms with Crippen LogP contribution in [0.2, 0.25) is 0 Å². The molecule has 0 fully saturated rings. The van der Waals surface area contributed by atoms with Crippen molar-refractivity contribution in [2.45, 2.75) is 12.8 Å². The van der Waals surface area contributed by atoms with Gasteiger partial charge in [0.05, 0.1) is 7.11 Å². The summed E-state index contributed by atoms with van der Waals surface area (Å²) in [6, 6.07) is 9.79. The number of hydrogen-bond donors (Lipinski definition) is 1. The van der Waals surface area contributed by atoms with E-state index in [-0.39, 0.29) is 17.2 Å². The van der Waals surface area contributed by atoms with Gasteiger partial charge >= 0.3 is 6.36 Å². The first-order valence-corrected chi connectivity index (χ1v) is 8.08. The van der Waals surface area contributed by atoms with Crippen LogP contribution in [-0.4, -0.2) is 30.2 Å². The minimum atomic E-state index is -4.84. The second kappa shape index (κ2) is 6.49. The molecule has 6 nitrogen and oxygen atoms in total. The van der Waals surface area contributed by atoms with Crippen molar-refractivity contribution in [3.05, 3.63) is 42.0 Å². The summed E-state index contributed by atoms with van der Waals surface area (Å²) in [5.74, 6) is -0.0973. The number of ether oxygens (including phenoxy) is 2. The molecule has 0 unspecified atom stereocenters. The third-order valence-electron chi connectivity index (χ3n) is 4.14. The van der Waals surface area contributed by atoms with Gasteiger partial charge in [-0.15, -0.1) is 13.2 Å². The Morgan fingerprint density at radius 2 is 1.89 bits per heavy atom. The van der Waals surface area contributed by atoms with Crippen molar-refractivity contribution in [3.8, 4) is 34.3 Å². The van der Waals surface area contributed by atoms with E-state index < -0.39 is 12.1 Å². The number of halogens is 3. The fraction of sp³-hybridized carbons (Fsp3) is 0.222. The Hall–Kier alpha value is -3.23. The molecule has 27 heavy (non-hydrogen) atoms. The smallest absolute Gasteiger partial charge is 0.493 e. The molecule has 1 aliphatic rings. The van der Waals surface area contributed by atoms with Gasteiger partial charge < -0.3 is 19.3 Å². The number of benzene rings is 2. The van der Waals surface area contributed by atoms with Crippen molar-refractivity contribution in [2.75, 3.05) is 19.0 Å². The molecule has 2 heterocycles. The van der Waals surface area contributed by atoms with Crippen molar-refractivity contribution in [3.63, 3.8) is 0 Å². The number of hydrogen-bond acceptors (Lipinski definition) is 6. The molecule has 9 heteroatoms. The van der Waals surface area contributed by atoms with E-state index in [4.69, 9.17) is 9.26 Å². The average molecular weight is 377 g/mol. The quantitative estimate of drug-likeness (QED) is 0.732. The summed E-state index contributed by atoms with van der Waals surface area (Å²) >= 11 is 0. The Labute approximate surface area is 151 Å². The molecular formula is C18H14F3N3O3. The van der Waals surface area contributed by atoms with E-state index >= 15 is 0 Å². The highest BCUT2D eigenvalue weighted by molar-refractivity contribution is 5.67. The number of anilines is 1. The van der Waals surface area contributed by atoms with E-state index in [1.165, 1.54) is 19.2 Å². The molecule has 1 N–H and O–H groups in total. The number of nitrogens with zero attached hydrogens (tertiary/aromatic N) is 2. The number of aromatic nitrogens is 2. The van der Waals surface area contributed by atoms with Crippen LogP contribution in [-0.2, 0) is 6.42 Å². The zero-order valence-electron chi connectivity index (χ0n) is 14.1. The van der Waals surface area contributed by atoms with Gasteiger partial charge in [-0.1, -0.05) is 5.16 Å². The standard InChI is InChI=1S/C18H14F3N3O3/c1-25-14-5-3-12(9-15(14)26-18(19,20)21)17-23-16(24-27-17)11-2-4-13-10(8-11)6-7-22-13/h2-5,8-9,22H,6-7H2,1H3. The van der Waals surface area contributed by atoms with E-state index in [1.54, 1.807) is 0 Å². The lowest BCUT2D eigenvalue weighted by Gasteiger charge is -2.12. The monoisotopic (exact) mass is 377 g/mol. The molecule has 1 aliphatic heterocycles. The molecular weight excluding hydrogens is 363 g/mol. The van der Waals surface area contributed by atoms with Crippen LogP contribution in [0.4, 0.5) is 18.9 Å². The van der Waals surface area contributed by atoms with Crippen LogP contribution >= 0.6 is 0 Å². The van der Waals surface area contributed by atoms with Crippen molar-refractivity contribution >= 4 is 5.69 Å². The van der Waals surface area contributed by atoms with Crippen molar-refractivity contribution < 1.29 is 27.2 Å². The Balaban J connectivity index is 1.66. The van der Waals surface area contributed by atoms with Crippen LogP contribution < -0.4 is 14.8 Å². The molecule has 1 aromatic heterocycles. The third-order valence-corrected chi connectivity index (χ3v) is 4.14. The van der Waals surface area contributed by atoms with E-state index in [0.29, 0.717) is 5.82 Å². The molecule has 0 atom stereocenters. The lowest BCUT2D eigenvalue weighted by atomic mass is 10.1. The van der Waals surface area contributed by atoms with Crippen LogP contribution in [0.15, 0.2) is 40.9 Å². The normalized spacial score (nSPS) is 13.2. The molecule has 2 aromatic carbocycles. The highest BCUT2D eigenvalue weighted by atomic mass is 19.4. The molecule has 0 bridgehead atoms. The third kappa shape index (κ3) is 3.53. The summed E-state index contributed by atoms with van der Waals surface area (Å²) in [7, 11) is 1.26. The lowest BCUT2D eigenvalue weighted by molar-refractivity contribution is -0.275. The molecule has 0 saturated carbocycles. The fourth-order valence-corrected chi connectivity index (χ4v) is 2.92. The minimum Gasteiger partial charge on any atom is -0.493 e. The minimum absolute atomic E-state index is 0.0538. The summed E-state index contributed by atoms with van der Waals surface area (Å²) in [4.78, 5) is 4.29. The van der Waals surface area contributed by atoms with Crippen molar-refractivity contribution in [2.24, 2.45) is 0 Å². The zero-order chi connectivity index (χ0) is 19.0. The Kier molecular flexibility index (Phi) is 4.14. The molecule has 140 valence electrons. The van der Waals surface area contributed by atoms with Gasteiger partial charge in [0.25, 0.3) is 5.89 Å². The maximum Gasteiger partial charge on any atom is 0.573 e. The lowest BCUT2D eigenvalue weighted by Crippen LogP contribution is -2.17. The largest absolute Gasteiger partial charge is 0.573 e. The summed E-state index contributed by atoms with van der Waals surface area (Å²) in [5.41, 5.74) is 3.29. The first kappa shape index (κ1) is 17.2. The summed E-state index contributed by atoms with van der Waals surface area (Å²) in [6.45, 7) is 0.879. The van der Waals surface area contributed by atoms with Crippen LogP contribution in [0.1, 0.15) is 5.56 Å². The highest BCUT2D eigenvalue weighted by Crippen LogP contribution is 2.36. The topological polar surface area (TPSA) is 69.4 Å². The van der Waals surface area contributed by atoms with E-state index in [0.717, 1.165) is 35.8 Å². The van der Waals surface area contributed by atoms with Gasteiger partial charge in [-0.3, -0.25) is 0 Å². The second-order valence-corrected chi connectivity index (χ2v) is 5.89. The van der Waals surface area contributed by atoms with E-state index in [1.807, 2.05) is 18.2 Å². The van der Waals surface area contributed by atoms with Gasteiger partial charge in [-0.25, -0.2) is 0 Å². The summed E-state index contributed by atoms with van der Waals surface area (Å²) in [6.07, 6.45) is -3.94. The molecule has 0 aliphatic carbocycles. The SMILES string of the molecule is COc1ccc(-c2nc(-c3ccc4c(c3)CCN4)no2)cc1OC(F)(F)F. The first-order valence-electron chi connectivity index (χ1n) is 8.08. The van der Waals surface area contributed by atoms with Gasteiger partial charge in [0.1, 0.15) is 0 Å². The van der Waals surface area contributed by atoms with Crippen LogP contribution in [0, 0.1) is 0 Å². The van der Waals surface area contributed by atoms with Gasteiger partial charge in [-0.2, -0.15) is 4.98 Å². The molecule has 0 saturated heterocycles. The molecule has 0 spiro atoms. The zero-order valence-corrected chi connectivity index (χ0v) is 14.1. The molecule has 0 radical (unpaired) electrons. The van der Waals surface area contributed by atoms with Crippen LogP contribution in [0.5, 0.6) is 11.5 Å². The maximum absolute atomic E-state index is 12.6. The van der Waals surface area contributed by atoms with Crippen LogP contribution in [0.25, 0.3) is 22.8 Å². The van der Waals surface area contributed by atoms with Gasteiger partial charge in [-0.05, 0) is 48.4 Å². The molecule has 4 rings (SSSR count). The van der Waals surface area contributed by atoms with Gasteiger partial charge in [0, 0.05) is 23.4 Å². The van der Waals surface area contributed by atoms with Gasteiger partial charge in [0.2, 0.25) is 5.82 Å². The molecule has 3 aromatic rings. The maximum atomic E-state index is 12.6. The van der Waals surface area contributed by atoms with E-state index in [9.17, 15) is 13.2 Å². The predicted octanol–water partition coefficient (Wildman–Crippen LogP) is 4.28. The van der Waals surface area contributed by atoms with E-state index in [2.05, 4.69) is 20.2 Å². The number of nitrogens with one attached hydrogen (secondary N) is 1. The van der Waals surface area contributed by atoms with Crippen molar-refractivity contribution in [1.82, 2.24) is 10.1 Å². The first-order chi connectivity index (χ1) is 12.9. The number of methoxy groups -OCH3 is 1. The number of rotatable bonds is 4. The van der Waals surface area contributed by atoms with Crippen molar-refractivity contribution in [1.29, 1.82) is 0 Å². The van der Waals surface area contributed by atoms with Gasteiger partial charge in [0.15, 0.2) is 11.5 Å². The highest BCUT2D eigenvalue weighted by Gasteiger charge is 2.33. The van der Waals surface area contributed by atoms with Crippen LogP contribution in [0.3, 0.4) is 0 Å².